The number of Topliss-reactive ketones (excluding diaryl/α,β-unsaturated/α-hetero) is 1. The van der Waals surface area contributed by atoms with Crippen molar-refractivity contribution in [2.75, 3.05) is 6.01 Å². The van der Waals surface area contributed by atoms with Crippen molar-refractivity contribution < 1.29 is 27.6 Å². The highest BCUT2D eigenvalue weighted by Crippen LogP contribution is 2.75. The smallest absolute Gasteiger partial charge is 0.198 e. The largest absolute Gasteiger partial charge is 0.300 e. The van der Waals surface area contributed by atoms with Gasteiger partial charge in [-0.05, 0) is 67.1 Å². The van der Waals surface area contributed by atoms with Gasteiger partial charge in [-0.2, -0.15) is 0 Å². The molecule has 0 aromatic rings. The summed E-state index contributed by atoms with van der Waals surface area (Å²) in [7, 11) is 0. The second kappa shape index (κ2) is 8.35. The van der Waals surface area contributed by atoms with Crippen LogP contribution in [0.15, 0.2) is 23.8 Å². The Morgan fingerprint density at radius 3 is 2.44 bits per heavy atom. The summed E-state index contributed by atoms with van der Waals surface area (Å²) in [5, 5.41) is -0.338. The van der Waals surface area contributed by atoms with Crippen LogP contribution >= 0.6 is 11.8 Å². The fraction of sp³-hybridized carbons (Fsp3) is 0.741. The number of alkyl halides is 3. The summed E-state index contributed by atoms with van der Waals surface area (Å²) in [5.41, 5.74) is -4.73. The lowest BCUT2D eigenvalue weighted by molar-refractivity contribution is -0.184. The molecule has 0 aromatic heterocycles. The SMILES string of the molecule is CCC(=O)C[C@]1(C(=O)SCF)[C@H](C)CC2C3C[C@H](F)C4=CC(=O)C=C[C@]4(C)[C@@]3(F)[C@@H](C)C[C@@]21C. The molecular formula is C27H35F3O3S. The maximum Gasteiger partial charge on any atom is 0.198 e. The summed E-state index contributed by atoms with van der Waals surface area (Å²) >= 11 is 0.602. The second-order valence-electron chi connectivity index (χ2n) is 11.5. The highest BCUT2D eigenvalue weighted by atomic mass is 32.2. The van der Waals surface area contributed by atoms with Gasteiger partial charge in [0.2, 0.25) is 0 Å². The Kier molecular flexibility index (Phi) is 6.31. The predicted octanol–water partition coefficient (Wildman–Crippen LogP) is 6.37. The molecule has 0 bridgehead atoms. The van der Waals surface area contributed by atoms with Gasteiger partial charge in [-0.3, -0.25) is 14.4 Å². The van der Waals surface area contributed by atoms with Crippen molar-refractivity contribution >= 4 is 28.4 Å². The average Bonchev–Trinajstić information content (AvgIpc) is 2.99. The molecule has 0 heterocycles. The third-order valence-electron chi connectivity index (χ3n) is 10.3. The minimum Gasteiger partial charge on any atom is -0.300 e. The zero-order valence-corrected chi connectivity index (χ0v) is 21.4. The van der Waals surface area contributed by atoms with E-state index in [1.807, 2.05) is 20.8 Å². The zero-order chi connectivity index (χ0) is 25.3. The third-order valence-corrected chi connectivity index (χ3v) is 11.0. The molecule has 0 spiro atoms. The van der Waals surface area contributed by atoms with Gasteiger partial charge in [0, 0.05) is 24.2 Å². The Balaban J connectivity index is 1.87. The molecule has 2 unspecified atom stereocenters. The van der Waals surface area contributed by atoms with Crippen LogP contribution in [0, 0.1) is 39.9 Å². The minimum atomic E-state index is -1.80. The van der Waals surface area contributed by atoms with Crippen LogP contribution in [-0.2, 0) is 14.4 Å². The van der Waals surface area contributed by atoms with Crippen LogP contribution in [0.2, 0.25) is 0 Å². The number of carbonyl (C=O) groups is 3. The third kappa shape index (κ3) is 3.07. The number of hydrogen-bond acceptors (Lipinski definition) is 4. The first-order chi connectivity index (χ1) is 15.8. The number of allylic oxidation sites excluding steroid dienone is 4. The van der Waals surface area contributed by atoms with Gasteiger partial charge in [0.05, 0.1) is 5.41 Å². The molecule has 4 aliphatic carbocycles. The molecule has 0 saturated heterocycles. The Morgan fingerprint density at radius 2 is 1.82 bits per heavy atom. The van der Waals surface area contributed by atoms with E-state index in [-0.39, 0.29) is 53.4 Å². The average molecular weight is 497 g/mol. The number of ketones is 2. The van der Waals surface area contributed by atoms with E-state index in [0.717, 1.165) is 0 Å². The Morgan fingerprint density at radius 1 is 1.15 bits per heavy atom. The van der Waals surface area contributed by atoms with Crippen molar-refractivity contribution in [2.24, 2.45) is 39.9 Å². The van der Waals surface area contributed by atoms with Crippen LogP contribution in [0.5, 0.6) is 0 Å². The van der Waals surface area contributed by atoms with E-state index in [1.54, 1.807) is 19.9 Å². The fourth-order valence-electron chi connectivity index (χ4n) is 8.66. The van der Waals surface area contributed by atoms with Gasteiger partial charge in [0.25, 0.3) is 0 Å². The summed E-state index contributed by atoms with van der Waals surface area (Å²) in [4.78, 5) is 38.4. The minimum absolute atomic E-state index is 0.0120. The van der Waals surface area contributed by atoms with E-state index in [2.05, 4.69) is 0 Å². The monoisotopic (exact) mass is 496 g/mol. The lowest BCUT2D eigenvalue weighted by Crippen LogP contribution is -2.66. The first-order valence-corrected chi connectivity index (χ1v) is 13.3. The number of halogens is 3. The molecular weight excluding hydrogens is 461 g/mol. The van der Waals surface area contributed by atoms with E-state index in [1.165, 1.54) is 12.2 Å². The summed E-state index contributed by atoms with van der Waals surface area (Å²) in [6, 6.07) is -0.877. The van der Waals surface area contributed by atoms with E-state index >= 15 is 8.78 Å². The molecule has 3 fully saturated rings. The Labute approximate surface area is 204 Å². The molecule has 0 N–H and O–H groups in total. The van der Waals surface area contributed by atoms with Crippen LogP contribution in [-0.4, -0.2) is 34.5 Å². The maximum absolute atomic E-state index is 17.5. The van der Waals surface area contributed by atoms with Gasteiger partial charge >= 0.3 is 0 Å². The van der Waals surface area contributed by atoms with Crippen molar-refractivity contribution in [2.45, 2.75) is 78.6 Å². The van der Waals surface area contributed by atoms with E-state index in [4.69, 9.17) is 0 Å². The van der Waals surface area contributed by atoms with Crippen molar-refractivity contribution in [3.8, 4) is 0 Å². The van der Waals surface area contributed by atoms with Crippen LogP contribution < -0.4 is 0 Å². The Bertz CT molecular complexity index is 978. The molecule has 7 heteroatoms. The zero-order valence-electron chi connectivity index (χ0n) is 20.6. The van der Waals surface area contributed by atoms with Crippen molar-refractivity contribution in [3.63, 3.8) is 0 Å². The number of carbonyl (C=O) groups excluding carboxylic acids is 3. The quantitative estimate of drug-likeness (QED) is 0.444. The highest BCUT2D eigenvalue weighted by Gasteiger charge is 2.75. The van der Waals surface area contributed by atoms with Crippen molar-refractivity contribution in [3.05, 3.63) is 23.8 Å². The van der Waals surface area contributed by atoms with Gasteiger partial charge in [-0.25, -0.2) is 13.2 Å². The maximum atomic E-state index is 17.5. The van der Waals surface area contributed by atoms with E-state index in [0.29, 0.717) is 24.6 Å². The highest BCUT2D eigenvalue weighted by molar-refractivity contribution is 8.13. The lowest BCUT2D eigenvalue weighted by Gasteiger charge is -2.64. The molecule has 0 aromatic carbocycles. The Hall–Kier alpha value is -1.37. The summed E-state index contributed by atoms with van der Waals surface area (Å²) in [6.45, 7) is 9.12. The topological polar surface area (TPSA) is 51.2 Å². The molecule has 3 nitrogen and oxygen atoms in total. The second-order valence-corrected chi connectivity index (χ2v) is 12.3. The molecule has 4 rings (SSSR count). The molecule has 9 atom stereocenters. The lowest BCUT2D eigenvalue weighted by atomic mass is 9.41. The van der Waals surface area contributed by atoms with Crippen LogP contribution in [0.25, 0.3) is 0 Å². The molecule has 4 aliphatic rings. The molecule has 34 heavy (non-hydrogen) atoms. The predicted molar refractivity (Wildman–Crippen MR) is 127 cm³/mol. The summed E-state index contributed by atoms with van der Waals surface area (Å²) < 4.78 is 46.5. The van der Waals surface area contributed by atoms with Crippen molar-refractivity contribution in [1.29, 1.82) is 0 Å². The van der Waals surface area contributed by atoms with Crippen molar-refractivity contribution in [1.82, 2.24) is 0 Å². The van der Waals surface area contributed by atoms with Gasteiger partial charge in [-0.1, -0.05) is 45.5 Å². The van der Waals surface area contributed by atoms with Crippen LogP contribution in [0.3, 0.4) is 0 Å². The number of thioether (sulfide) groups is 1. The fourth-order valence-corrected chi connectivity index (χ4v) is 9.52. The number of rotatable bonds is 5. The first-order valence-electron chi connectivity index (χ1n) is 12.4. The summed E-state index contributed by atoms with van der Waals surface area (Å²) in [5.74, 6) is -2.22. The van der Waals surface area contributed by atoms with Gasteiger partial charge in [0.15, 0.2) is 10.9 Å². The molecule has 188 valence electrons. The molecule has 0 radical (unpaired) electrons. The van der Waals surface area contributed by atoms with Crippen LogP contribution in [0.1, 0.15) is 66.7 Å². The van der Waals surface area contributed by atoms with E-state index < -0.39 is 45.9 Å². The van der Waals surface area contributed by atoms with E-state index in [9.17, 15) is 18.8 Å². The molecule has 0 amide bonds. The normalized spacial score (nSPS) is 47.5. The number of fused-ring (bicyclic) bond motifs is 5. The molecule has 0 aliphatic heterocycles. The standard InChI is InChI=1S/C27H35F3O3S/c1-6-17(31)13-26(23(33)34-14-28)15(2)9-19-20-11-22(29)21-10-18(32)7-8-24(21,4)27(20,30)16(3)12-25(19,26)5/h7-8,10,15-16,19-20,22H,6,9,11-14H2,1-5H3/t15-,16+,19?,20?,22+,24+,25+,26-,27-/m1/s1. The van der Waals surface area contributed by atoms with Gasteiger partial charge in [0.1, 0.15) is 23.6 Å². The van der Waals surface area contributed by atoms with Gasteiger partial charge in [-0.15, -0.1) is 0 Å². The summed E-state index contributed by atoms with van der Waals surface area (Å²) in [6.07, 6.45) is 3.73. The van der Waals surface area contributed by atoms with Crippen LogP contribution in [0.4, 0.5) is 13.2 Å². The first kappa shape index (κ1) is 25.7. The number of hydrogen-bond donors (Lipinski definition) is 0. The molecule has 3 saturated carbocycles. The van der Waals surface area contributed by atoms with Gasteiger partial charge < -0.3 is 0 Å².